The van der Waals surface area contributed by atoms with Gasteiger partial charge >= 0.3 is 11.7 Å². The number of nitro benzene ring substituents is 1. The van der Waals surface area contributed by atoms with Gasteiger partial charge in [0.05, 0.1) is 35.4 Å². The third kappa shape index (κ3) is 4.96. The second-order valence-electron chi connectivity index (χ2n) is 7.46. The number of aromatic nitrogens is 2. The Morgan fingerprint density at radius 1 is 1.23 bits per heavy atom. The van der Waals surface area contributed by atoms with Gasteiger partial charge < -0.3 is 9.15 Å². The van der Waals surface area contributed by atoms with Gasteiger partial charge in [0, 0.05) is 6.07 Å². The molecule has 0 saturated carbocycles. The quantitative estimate of drug-likeness (QED) is 0.205. The third-order valence-corrected chi connectivity index (χ3v) is 6.28. The van der Waals surface area contributed by atoms with Gasteiger partial charge in [0.25, 0.3) is 5.69 Å². The van der Waals surface area contributed by atoms with E-state index in [2.05, 4.69) is 4.98 Å². The lowest BCUT2D eigenvalue weighted by molar-refractivity contribution is -0.384. The van der Waals surface area contributed by atoms with Crippen molar-refractivity contribution >= 4 is 45.1 Å². The van der Waals surface area contributed by atoms with E-state index >= 15 is 0 Å². The number of carbonyl (C=O) groups excluding carboxylic acids is 2. The summed E-state index contributed by atoms with van der Waals surface area (Å²) in [5, 5.41) is 11.3. The standard InChI is InChI=1S/C23H20N4O7S/c1-3-33-21(29)20-14(2)24-22(35-20)26(12-15-7-5-4-6-8-15)19(28)13-25-17-10-9-16(27(31)32)11-18(17)34-23(25)30/h4-11H,3,12-13H2,1-2H3. The van der Waals surface area contributed by atoms with Gasteiger partial charge in [-0.3, -0.25) is 24.4 Å². The van der Waals surface area contributed by atoms with E-state index in [1.54, 1.807) is 13.8 Å². The van der Waals surface area contributed by atoms with Crippen molar-refractivity contribution in [3.05, 3.63) is 85.3 Å². The lowest BCUT2D eigenvalue weighted by atomic mass is 10.2. The first-order valence-corrected chi connectivity index (χ1v) is 11.4. The Kier molecular flexibility index (Phi) is 6.73. The molecule has 0 fully saturated rings. The van der Waals surface area contributed by atoms with E-state index < -0.39 is 29.1 Å². The Bertz CT molecular complexity index is 1470. The number of oxazole rings is 1. The van der Waals surface area contributed by atoms with Crippen LogP contribution in [0.15, 0.2) is 57.7 Å². The minimum atomic E-state index is -0.823. The van der Waals surface area contributed by atoms with Crippen LogP contribution in [0.3, 0.4) is 0 Å². The molecule has 0 N–H and O–H groups in total. The second kappa shape index (κ2) is 9.89. The van der Waals surface area contributed by atoms with Crippen molar-refractivity contribution in [2.24, 2.45) is 0 Å². The molecule has 4 aromatic rings. The summed E-state index contributed by atoms with van der Waals surface area (Å²) in [6, 6.07) is 12.9. The first-order valence-electron chi connectivity index (χ1n) is 10.5. The highest BCUT2D eigenvalue weighted by Crippen LogP contribution is 2.29. The summed E-state index contributed by atoms with van der Waals surface area (Å²) in [7, 11) is 0. The van der Waals surface area contributed by atoms with Crippen LogP contribution in [-0.4, -0.2) is 33.0 Å². The van der Waals surface area contributed by atoms with Crippen molar-refractivity contribution in [2.45, 2.75) is 26.9 Å². The summed E-state index contributed by atoms with van der Waals surface area (Å²) in [5.41, 5.74) is 1.25. The fraction of sp³-hybridized carbons (Fsp3) is 0.217. The number of thiazole rings is 1. The molecular formula is C23H20N4O7S. The van der Waals surface area contributed by atoms with Gasteiger partial charge in [0.2, 0.25) is 5.91 Å². The number of rotatable bonds is 8. The average molecular weight is 497 g/mol. The van der Waals surface area contributed by atoms with Crippen molar-refractivity contribution < 1.29 is 23.7 Å². The van der Waals surface area contributed by atoms with Crippen LogP contribution in [0.2, 0.25) is 0 Å². The second-order valence-corrected chi connectivity index (χ2v) is 8.44. The highest BCUT2D eigenvalue weighted by molar-refractivity contribution is 7.17. The van der Waals surface area contributed by atoms with E-state index in [1.807, 2.05) is 30.3 Å². The number of esters is 1. The summed E-state index contributed by atoms with van der Waals surface area (Å²) < 4.78 is 11.3. The Morgan fingerprint density at radius 2 is 1.97 bits per heavy atom. The molecule has 0 atom stereocenters. The molecule has 2 heterocycles. The molecule has 35 heavy (non-hydrogen) atoms. The van der Waals surface area contributed by atoms with Gasteiger partial charge in [-0.2, -0.15) is 0 Å². The van der Waals surface area contributed by atoms with Crippen LogP contribution in [0.1, 0.15) is 27.9 Å². The number of nitrogens with zero attached hydrogens (tertiary/aromatic N) is 4. The summed E-state index contributed by atoms with van der Waals surface area (Å²) in [4.78, 5) is 54.7. The van der Waals surface area contributed by atoms with E-state index in [-0.39, 0.29) is 39.9 Å². The van der Waals surface area contributed by atoms with Crippen LogP contribution in [0.25, 0.3) is 11.1 Å². The molecule has 2 aromatic carbocycles. The summed E-state index contributed by atoms with van der Waals surface area (Å²) in [6.45, 7) is 3.29. The molecule has 0 radical (unpaired) electrons. The van der Waals surface area contributed by atoms with Crippen molar-refractivity contribution in [3.8, 4) is 0 Å². The van der Waals surface area contributed by atoms with Gasteiger partial charge in [-0.1, -0.05) is 41.7 Å². The van der Waals surface area contributed by atoms with Crippen molar-refractivity contribution in [1.82, 2.24) is 9.55 Å². The third-order valence-electron chi connectivity index (χ3n) is 5.12. The van der Waals surface area contributed by atoms with E-state index in [0.29, 0.717) is 5.69 Å². The molecule has 0 saturated heterocycles. The molecule has 0 aliphatic carbocycles. The maximum absolute atomic E-state index is 13.5. The maximum Gasteiger partial charge on any atom is 0.420 e. The highest BCUT2D eigenvalue weighted by Gasteiger charge is 2.26. The zero-order valence-corrected chi connectivity index (χ0v) is 19.6. The summed E-state index contributed by atoms with van der Waals surface area (Å²) in [5.74, 6) is -1.84. The van der Waals surface area contributed by atoms with Crippen LogP contribution in [-0.2, 0) is 22.6 Å². The minimum Gasteiger partial charge on any atom is -0.462 e. The Labute approximate surface area is 202 Å². The zero-order chi connectivity index (χ0) is 25.1. The molecule has 0 aliphatic heterocycles. The SMILES string of the molecule is CCOC(=O)c1sc(N(Cc2ccccc2)C(=O)Cn2c(=O)oc3cc([N+](=O)[O-])ccc32)nc1C. The van der Waals surface area contributed by atoms with E-state index in [0.717, 1.165) is 27.5 Å². The van der Waals surface area contributed by atoms with Gasteiger partial charge in [-0.05, 0) is 25.5 Å². The largest absolute Gasteiger partial charge is 0.462 e. The molecule has 12 heteroatoms. The van der Waals surface area contributed by atoms with Crippen LogP contribution in [0, 0.1) is 17.0 Å². The predicted octanol–water partition coefficient (Wildman–Crippen LogP) is 3.68. The number of carbonyl (C=O) groups is 2. The fourth-order valence-electron chi connectivity index (χ4n) is 3.45. The normalized spacial score (nSPS) is 10.9. The van der Waals surface area contributed by atoms with Gasteiger partial charge in [0.1, 0.15) is 11.4 Å². The first kappa shape index (κ1) is 23.8. The Hall–Kier alpha value is -4.32. The molecule has 0 unspecified atom stereocenters. The number of anilines is 1. The number of aryl methyl sites for hydroxylation is 1. The maximum atomic E-state index is 13.5. The number of ether oxygens (including phenoxy) is 1. The van der Waals surface area contributed by atoms with Crippen LogP contribution >= 0.6 is 11.3 Å². The highest BCUT2D eigenvalue weighted by atomic mass is 32.1. The number of benzene rings is 2. The molecular weight excluding hydrogens is 476 g/mol. The van der Waals surface area contributed by atoms with Gasteiger partial charge in [-0.15, -0.1) is 0 Å². The number of amides is 1. The van der Waals surface area contributed by atoms with Gasteiger partial charge in [-0.25, -0.2) is 14.6 Å². The summed E-state index contributed by atoms with van der Waals surface area (Å²) >= 11 is 1.02. The number of non-ortho nitro benzene ring substituents is 1. The number of hydrogen-bond donors (Lipinski definition) is 0. The molecule has 180 valence electrons. The lowest BCUT2D eigenvalue weighted by Gasteiger charge is -2.20. The van der Waals surface area contributed by atoms with Crippen LogP contribution in [0.4, 0.5) is 10.8 Å². The first-order chi connectivity index (χ1) is 16.8. The predicted molar refractivity (Wildman–Crippen MR) is 128 cm³/mol. The number of fused-ring (bicyclic) bond motifs is 1. The monoisotopic (exact) mass is 496 g/mol. The molecule has 2 aromatic heterocycles. The summed E-state index contributed by atoms with van der Waals surface area (Å²) in [6.07, 6.45) is 0. The molecule has 0 spiro atoms. The fourth-order valence-corrected chi connectivity index (χ4v) is 4.43. The van der Waals surface area contributed by atoms with Crippen LogP contribution < -0.4 is 10.7 Å². The Balaban J connectivity index is 1.70. The molecule has 1 amide bonds. The molecule has 4 rings (SSSR count). The van der Waals surface area contributed by atoms with Crippen molar-refractivity contribution in [2.75, 3.05) is 11.5 Å². The zero-order valence-electron chi connectivity index (χ0n) is 18.8. The molecule has 0 aliphatic rings. The van der Waals surface area contributed by atoms with Crippen molar-refractivity contribution in [3.63, 3.8) is 0 Å². The Morgan fingerprint density at radius 3 is 2.66 bits per heavy atom. The van der Waals surface area contributed by atoms with Crippen LogP contribution in [0.5, 0.6) is 0 Å². The number of hydrogen-bond acceptors (Lipinski definition) is 9. The minimum absolute atomic E-state index is 0.00120. The topological polar surface area (TPSA) is 138 Å². The average Bonchev–Trinajstić information content (AvgIpc) is 3.37. The van der Waals surface area contributed by atoms with Crippen molar-refractivity contribution in [1.29, 1.82) is 0 Å². The smallest absolute Gasteiger partial charge is 0.420 e. The van der Waals surface area contributed by atoms with Gasteiger partial charge in [0.15, 0.2) is 10.7 Å². The van der Waals surface area contributed by atoms with E-state index in [1.165, 1.54) is 17.0 Å². The van der Waals surface area contributed by atoms with E-state index in [4.69, 9.17) is 9.15 Å². The molecule has 11 nitrogen and oxygen atoms in total. The number of nitro groups is 1. The molecule has 0 bridgehead atoms. The lowest BCUT2D eigenvalue weighted by Crippen LogP contribution is -2.35. The van der Waals surface area contributed by atoms with E-state index in [9.17, 15) is 24.5 Å².